The normalized spacial score (nSPS) is 24.2. The number of carbonyl (C=O) groups is 1. The van der Waals surface area contributed by atoms with Crippen LogP contribution in [0.1, 0.15) is 32.6 Å². The number of hydrogen-bond donors (Lipinski definition) is 5. The minimum absolute atomic E-state index is 0.251. The monoisotopic (exact) mass is 260 g/mol. The van der Waals surface area contributed by atoms with Crippen LogP contribution in [0.2, 0.25) is 0 Å². The van der Waals surface area contributed by atoms with Gasteiger partial charge in [0.1, 0.15) is 5.54 Å². The maximum atomic E-state index is 12.3. The van der Waals surface area contributed by atoms with E-state index in [9.17, 15) is 20.1 Å². The molecule has 5 N–H and O–H groups in total. The van der Waals surface area contributed by atoms with Crippen molar-refractivity contribution in [2.45, 2.75) is 43.7 Å². The van der Waals surface area contributed by atoms with Crippen molar-refractivity contribution in [3.63, 3.8) is 0 Å². The summed E-state index contributed by atoms with van der Waals surface area (Å²) in [5, 5.41) is 33.5. The van der Waals surface area contributed by atoms with Crippen LogP contribution in [0, 0.1) is 0 Å². The van der Waals surface area contributed by atoms with Gasteiger partial charge in [0.05, 0.1) is 25.4 Å². The van der Waals surface area contributed by atoms with Crippen molar-refractivity contribution in [2.75, 3.05) is 26.4 Å². The lowest BCUT2D eigenvalue weighted by atomic mass is 9.89. The molecular formula is C12H24N2O4. The number of carbonyl (C=O) groups excluding carboxylic acids is 1. The van der Waals surface area contributed by atoms with E-state index in [4.69, 9.17) is 0 Å². The average molecular weight is 260 g/mol. The molecule has 1 aliphatic rings. The van der Waals surface area contributed by atoms with Crippen molar-refractivity contribution in [3.05, 3.63) is 0 Å². The third-order valence-corrected chi connectivity index (χ3v) is 3.64. The molecule has 1 aliphatic heterocycles. The number of aliphatic hydroxyl groups excluding tert-OH is 3. The summed E-state index contributed by atoms with van der Waals surface area (Å²) in [5.74, 6) is -0.251. The molecule has 1 heterocycles. The molecule has 0 saturated carbocycles. The van der Waals surface area contributed by atoms with Gasteiger partial charge in [-0.15, -0.1) is 0 Å². The second kappa shape index (κ2) is 6.47. The molecule has 1 unspecified atom stereocenters. The van der Waals surface area contributed by atoms with E-state index in [1.807, 2.05) is 6.92 Å². The van der Waals surface area contributed by atoms with Crippen LogP contribution in [0.5, 0.6) is 0 Å². The lowest BCUT2D eigenvalue weighted by Gasteiger charge is -2.35. The summed E-state index contributed by atoms with van der Waals surface area (Å²) in [4.78, 5) is 12.3. The van der Waals surface area contributed by atoms with Gasteiger partial charge in [0, 0.05) is 0 Å². The minimum Gasteiger partial charge on any atom is -0.394 e. The van der Waals surface area contributed by atoms with Crippen molar-refractivity contribution in [1.82, 2.24) is 10.6 Å². The van der Waals surface area contributed by atoms with E-state index in [1.54, 1.807) is 0 Å². The topological polar surface area (TPSA) is 102 Å². The predicted octanol–water partition coefficient (Wildman–Crippen LogP) is -1.26. The lowest BCUT2D eigenvalue weighted by molar-refractivity contribution is -0.131. The fourth-order valence-electron chi connectivity index (χ4n) is 2.38. The molecular weight excluding hydrogens is 236 g/mol. The third kappa shape index (κ3) is 3.00. The van der Waals surface area contributed by atoms with Gasteiger partial charge in [-0.05, 0) is 25.8 Å². The van der Waals surface area contributed by atoms with Crippen LogP contribution < -0.4 is 10.6 Å². The van der Waals surface area contributed by atoms with Crippen LogP contribution in [0.3, 0.4) is 0 Å². The molecule has 0 aromatic carbocycles. The standard InChI is InChI=1S/C12H24N2O4/c1-2-4-12(5-3-6-13-12)10(18)14-11(7-15,8-16)9-17/h13,15-17H,2-9H2,1H3,(H,14,18). The Morgan fingerprint density at radius 1 is 1.33 bits per heavy atom. The molecule has 0 radical (unpaired) electrons. The Morgan fingerprint density at radius 3 is 2.33 bits per heavy atom. The van der Waals surface area contributed by atoms with Crippen molar-refractivity contribution >= 4 is 5.91 Å². The van der Waals surface area contributed by atoms with Gasteiger partial charge in [-0.1, -0.05) is 13.3 Å². The van der Waals surface area contributed by atoms with E-state index < -0.39 is 30.9 Å². The Hall–Kier alpha value is -0.690. The molecule has 18 heavy (non-hydrogen) atoms. The molecule has 0 aromatic rings. The smallest absolute Gasteiger partial charge is 0.240 e. The van der Waals surface area contributed by atoms with Crippen molar-refractivity contribution in [3.8, 4) is 0 Å². The average Bonchev–Trinajstić information content (AvgIpc) is 2.86. The fraction of sp³-hybridized carbons (Fsp3) is 0.917. The summed E-state index contributed by atoms with van der Waals surface area (Å²) < 4.78 is 0. The first-order chi connectivity index (χ1) is 8.58. The fourth-order valence-corrected chi connectivity index (χ4v) is 2.38. The van der Waals surface area contributed by atoms with Gasteiger partial charge in [0.2, 0.25) is 5.91 Å². The van der Waals surface area contributed by atoms with E-state index >= 15 is 0 Å². The maximum absolute atomic E-state index is 12.3. The van der Waals surface area contributed by atoms with Gasteiger partial charge in [0.15, 0.2) is 0 Å². The van der Waals surface area contributed by atoms with Gasteiger partial charge < -0.3 is 26.0 Å². The molecule has 1 fully saturated rings. The largest absolute Gasteiger partial charge is 0.394 e. The maximum Gasteiger partial charge on any atom is 0.240 e. The molecule has 1 amide bonds. The first-order valence-corrected chi connectivity index (χ1v) is 6.48. The molecule has 0 bridgehead atoms. The van der Waals surface area contributed by atoms with E-state index in [2.05, 4.69) is 10.6 Å². The molecule has 6 nitrogen and oxygen atoms in total. The van der Waals surface area contributed by atoms with Crippen molar-refractivity contribution < 1.29 is 20.1 Å². The van der Waals surface area contributed by atoms with E-state index in [0.717, 1.165) is 25.8 Å². The van der Waals surface area contributed by atoms with Gasteiger partial charge in [-0.25, -0.2) is 0 Å². The first-order valence-electron chi connectivity index (χ1n) is 6.48. The molecule has 6 heteroatoms. The molecule has 0 aliphatic carbocycles. The van der Waals surface area contributed by atoms with E-state index in [1.165, 1.54) is 0 Å². The van der Waals surface area contributed by atoms with Crippen LogP contribution in [0.15, 0.2) is 0 Å². The van der Waals surface area contributed by atoms with Crippen LogP contribution in [0.25, 0.3) is 0 Å². The summed E-state index contributed by atoms with van der Waals surface area (Å²) in [6, 6.07) is 0. The van der Waals surface area contributed by atoms with E-state index in [-0.39, 0.29) is 5.91 Å². The molecule has 0 aromatic heterocycles. The zero-order valence-electron chi connectivity index (χ0n) is 10.9. The summed E-state index contributed by atoms with van der Waals surface area (Å²) in [5.41, 5.74) is -1.97. The number of aliphatic hydroxyl groups is 3. The first kappa shape index (κ1) is 15.4. The van der Waals surface area contributed by atoms with Crippen LogP contribution in [-0.4, -0.2) is 58.7 Å². The zero-order chi connectivity index (χ0) is 13.6. The quantitative estimate of drug-likeness (QED) is 0.393. The molecule has 106 valence electrons. The number of amides is 1. The highest BCUT2D eigenvalue weighted by molar-refractivity contribution is 5.87. The highest BCUT2D eigenvalue weighted by Gasteiger charge is 2.43. The van der Waals surface area contributed by atoms with Crippen LogP contribution in [-0.2, 0) is 4.79 Å². The van der Waals surface area contributed by atoms with Crippen molar-refractivity contribution in [2.24, 2.45) is 0 Å². The molecule has 1 atom stereocenters. The second-order valence-corrected chi connectivity index (χ2v) is 5.07. The van der Waals surface area contributed by atoms with Crippen LogP contribution >= 0.6 is 0 Å². The van der Waals surface area contributed by atoms with Gasteiger partial charge in [-0.2, -0.15) is 0 Å². The number of nitrogens with one attached hydrogen (secondary N) is 2. The van der Waals surface area contributed by atoms with Crippen LogP contribution in [0.4, 0.5) is 0 Å². The zero-order valence-corrected chi connectivity index (χ0v) is 10.9. The van der Waals surface area contributed by atoms with Crippen molar-refractivity contribution in [1.29, 1.82) is 0 Å². The molecule has 1 saturated heterocycles. The Bertz CT molecular complexity index is 265. The van der Waals surface area contributed by atoms with E-state index in [0.29, 0.717) is 6.42 Å². The molecule has 0 spiro atoms. The molecule has 1 rings (SSSR count). The number of hydrogen-bond acceptors (Lipinski definition) is 5. The van der Waals surface area contributed by atoms with Gasteiger partial charge in [0.25, 0.3) is 0 Å². The Balaban J connectivity index is 2.78. The Kier molecular flexibility index (Phi) is 5.52. The predicted molar refractivity (Wildman–Crippen MR) is 67.0 cm³/mol. The summed E-state index contributed by atoms with van der Waals surface area (Å²) >= 11 is 0. The highest BCUT2D eigenvalue weighted by atomic mass is 16.3. The number of rotatable bonds is 7. The van der Waals surface area contributed by atoms with Gasteiger partial charge in [-0.3, -0.25) is 4.79 Å². The lowest BCUT2D eigenvalue weighted by Crippen LogP contribution is -2.64. The third-order valence-electron chi connectivity index (χ3n) is 3.64. The Labute approximate surface area is 107 Å². The van der Waals surface area contributed by atoms with Gasteiger partial charge >= 0.3 is 0 Å². The summed E-state index contributed by atoms with van der Waals surface area (Å²) in [6.45, 7) is 1.32. The summed E-state index contributed by atoms with van der Waals surface area (Å²) in [6.07, 6.45) is 3.24. The summed E-state index contributed by atoms with van der Waals surface area (Å²) in [7, 11) is 0. The highest BCUT2D eigenvalue weighted by Crippen LogP contribution is 2.25. The SMILES string of the molecule is CCCC1(C(=O)NC(CO)(CO)CO)CCCN1. The second-order valence-electron chi connectivity index (χ2n) is 5.07. The minimum atomic E-state index is -1.35. The Morgan fingerprint density at radius 2 is 1.94 bits per heavy atom.